The molecule has 0 rings (SSSR count). The van der Waals surface area contributed by atoms with Gasteiger partial charge in [0.05, 0.1) is 6.61 Å². The minimum Gasteiger partial charge on any atom is -0.462 e. The van der Waals surface area contributed by atoms with Crippen LogP contribution in [0.4, 0.5) is 0 Å². The third-order valence-electron chi connectivity index (χ3n) is 7.90. The smallest absolute Gasteiger partial charge is 0.306 e. The fourth-order valence-electron chi connectivity index (χ4n) is 5.20. The molecule has 238 valence electrons. The number of hydrogen-bond donors (Lipinski definition) is 1. The highest BCUT2D eigenvalue weighted by Crippen LogP contribution is 2.15. The summed E-state index contributed by atoms with van der Waals surface area (Å²) in [4.78, 5) is 24.0. The maximum atomic E-state index is 12.0. The molecule has 0 unspecified atom stereocenters. The Labute approximate surface area is 248 Å². The van der Waals surface area contributed by atoms with Crippen molar-refractivity contribution in [2.45, 2.75) is 200 Å². The van der Waals surface area contributed by atoms with Gasteiger partial charge in [-0.05, 0) is 12.8 Å². The summed E-state index contributed by atoms with van der Waals surface area (Å²) in [5.41, 5.74) is 0. The summed E-state index contributed by atoms with van der Waals surface area (Å²) in [6, 6.07) is 0. The molecule has 0 aromatic heterocycles. The van der Waals surface area contributed by atoms with Crippen LogP contribution in [-0.4, -0.2) is 36.4 Å². The summed E-state index contributed by atoms with van der Waals surface area (Å²) >= 11 is 0. The van der Waals surface area contributed by atoms with Gasteiger partial charge in [-0.1, -0.05) is 168 Å². The predicted octanol–water partition coefficient (Wildman–Crippen LogP) is 10.4. The number of unbranched alkanes of at least 4 members (excludes halogenated alkanes) is 24. The minimum absolute atomic E-state index is 0.0583. The first-order valence-electron chi connectivity index (χ1n) is 17.6. The summed E-state index contributed by atoms with van der Waals surface area (Å²) in [6.07, 6.45) is 33.2. The van der Waals surface area contributed by atoms with Gasteiger partial charge in [-0.2, -0.15) is 0 Å². The molecule has 0 saturated heterocycles. The lowest BCUT2D eigenvalue weighted by molar-refractivity contribution is -0.161. The Morgan fingerprint density at radius 2 is 0.775 bits per heavy atom. The van der Waals surface area contributed by atoms with Crippen molar-refractivity contribution in [1.29, 1.82) is 0 Å². The number of aliphatic hydroxyl groups is 1. The van der Waals surface area contributed by atoms with E-state index < -0.39 is 6.10 Å². The van der Waals surface area contributed by atoms with Crippen molar-refractivity contribution in [3.05, 3.63) is 0 Å². The van der Waals surface area contributed by atoms with Gasteiger partial charge >= 0.3 is 11.9 Å². The number of aliphatic hydroxyl groups excluding tert-OH is 1. The van der Waals surface area contributed by atoms with E-state index in [0.717, 1.165) is 32.1 Å². The second kappa shape index (κ2) is 32.4. The summed E-state index contributed by atoms with van der Waals surface area (Å²) in [6.45, 7) is 4.10. The Bertz CT molecular complexity index is 536. The van der Waals surface area contributed by atoms with Gasteiger partial charge in [-0.3, -0.25) is 9.59 Å². The van der Waals surface area contributed by atoms with Crippen LogP contribution >= 0.6 is 0 Å². The zero-order chi connectivity index (χ0) is 29.4. The fourth-order valence-corrected chi connectivity index (χ4v) is 5.20. The molecule has 0 heterocycles. The minimum atomic E-state index is -0.758. The van der Waals surface area contributed by atoms with Gasteiger partial charge in [-0.25, -0.2) is 0 Å². The van der Waals surface area contributed by atoms with Gasteiger partial charge in [0.15, 0.2) is 6.10 Å². The number of esters is 2. The van der Waals surface area contributed by atoms with E-state index in [-0.39, 0.29) is 25.2 Å². The highest BCUT2D eigenvalue weighted by Gasteiger charge is 2.16. The number of ether oxygens (including phenoxy) is 2. The average molecular weight is 569 g/mol. The van der Waals surface area contributed by atoms with Crippen molar-refractivity contribution < 1.29 is 24.2 Å². The SMILES string of the molecule is CCCCCCCCCCCCCCCCCCCCCC(=O)OC[C@H](CO)OC(=O)CCCCCCCCC. The van der Waals surface area contributed by atoms with E-state index in [1.165, 1.54) is 135 Å². The molecular formula is C35H68O5. The molecule has 1 atom stereocenters. The third-order valence-corrected chi connectivity index (χ3v) is 7.90. The fraction of sp³-hybridized carbons (Fsp3) is 0.943. The molecule has 1 N–H and O–H groups in total. The zero-order valence-electron chi connectivity index (χ0n) is 26.9. The van der Waals surface area contributed by atoms with Gasteiger partial charge in [0.25, 0.3) is 0 Å². The Kier molecular flexibility index (Phi) is 31.5. The molecule has 0 saturated carbocycles. The van der Waals surface area contributed by atoms with Crippen LogP contribution in [0, 0.1) is 0 Å². The topological polar surface area (TPSA) is 72.8 Å². The maximum Gasteiger partial charge on any atom is 0.306 e. The monoisotopic (exact) mass is 569 g/mol. The largest absolute Gasteiger partial charge is 0.462 e. The first kappa shape index (κ1) is 38.9. The first-order chi connectivity index (χ1) is 19.6. The van der Waals surface area contributed by atoms with E-state index in [9.17, 15) is 14.7 Å². The normalized spacial score (nSPS) is 12.0. The van der Waals surface area contributed by atoms with Crippen LogP contribution in [-0.2, 0) is 19.1 Å². The van der Waals surface area contributed by atoms with E-state index in [1.54, 1.807) is 0 Å². The second-order valence-corrected chi connectivity index (χ2v) is 12.0. The molecule has 5 nitrogen and oxygen atoms in total. The van der Waals surface area contributed by atoms with Crippen molar-refractivity contribution in [1.82, 2.24) is 0 Å². The van der Waals surface area contributed by atoms with Gasteiger partial charge in [0.2, 0.25) is 0 Å². The number of rotatable bonds is 32. The van der Waals surface area contributed by atoms with Crippen LogP contribution in [0.5, 0.6) is 0 Å². The van der Waals surface area contributed by atoms with E-state index >= 15 is 0 Å². The molecule has 0 aliphatic heterocycles. The molecular weight excluding hydrogens is 500 g/mol. The Morgan fingerprint density at radius 1 is 0.475 bits per heavy atom. The van der Waals surface area contributed by atoms with E-state index in [2.05, 4.69) is 13.8 Å². The van der Waals surface area contributed by atoms with Crippen LogP contribution in [0.15, 0.2) is 0 Å². The summed E-state index contributed by atoms with van der Waals surface area (Å²) in [5.74, 6) is -0.587. The Hall–Kier alpha value is -1.10. The summed E-state index contributed by atoms with van der Waals surface area (Å²) < 4.78 is 10.5. The molecule has 5 heteroatoms. The van der Waals surface area contributed by atoms with Gasteiger partial charge in [0.1, 0.15) is 6.61 Å². The summed E-state index contributed by atoms with van der Waals surface area (Å²) in [7, 11) is 0. The van der Waals surface area contributed by atoms with Crippen LogP contribution in [0.2, 0.25) is 0 Å². The van der Waals surface area contributed by atoms with Crippen molar-refractivity contribution in [3.8, 4) is 0 Å². The number of carbonyl (C=O) groups excluding carboxylic acids is 2. The Morgan fingerprint density at radius 3 is 1.10 bits per heavy atom. The standard InChI is InChI=1S/C35H68O5/c1-3-5-7-9-11-12-13-14-15-16-17-18-19-20-21-22-24-25-27-29-34(37)39-32-33(31-36)40-35(38)30-28-26-23-10-8-6-4-2/h33,36H,3-32H2,1-2H3/t33-/m0/s1. The van der Waals surface area contributed by atoms with Crippen molar-refractivity contribution in [3.63, 3.8) is 0 Å². The predicted molar refractivity (Wildman–Crippen MR) is 169 cm³/mol. The first-order valence-corrected chi connectivity index (χ1v) is 17.6. The maximum absolute atomic E-state index is 12.0. The van der Waals surface area contributed by atoms with Gasteiger partial charge < -0.3 is 14.6 Å². The van der Waals surface area contributed by atoms with Crippen molar-refractivity contribution >= 4 is 11.9 Å². The Balaban J connectivity index is 3.44. The van der Waals surface area contributed by atoms with Gasteiger partial charge in [0, 0.05) is 12.8 Å². The molecule has 0 fully saturated rings. The van der Waals surface area contributed by atoms with E-state index in [4.69, 9.17) is 9.47 Å². The zero-order valence-corrected chi connectivity index (χ0v) is 26.9. The lowest BCUT2D eigenvalue weighted by Gasteiger charge is -2.15. The number of carbonyl (C=O) groups is 2. The second-order valence-electron chi connectivity index (χ2n) is 12.0. The highest BCUT2D eigenvalue weighted by atomic mass is 16.6. The van der Waals surface area contributed by atoms with E-state index in [1.807, 2.05) is 0 Å². The molecule has 0 aliphatic rings. The van der Waals surface area contributed by atoms with Crippen LogP contribution in [0.3, 0.4) is 0 Å². The van der Waals surface area contributed by atoms with E-state index in [0.29, 0.717) is 12.8 Å². The molecule has 0 amide bonds. The van der Waals surface area contributed by atoms with Crippen LogP contribution in [0.1, 0.15) is 194 Å². The molecule has 0 bridgehead atoms. The molecule has 0 aromatic rings. The molecule has 0 aromatic carbocycles. The molecule has 40 heavy (non-hydrogen) atoms. The van der Waals surface area contributed by atoms with Crippen molar-refractivity contribution in [2.24, 2.45) is 0 Å². The average Bonchev–Trinajstić information content (AvgIpc) is 2.95. The molecule has 0 spiro atoms. The van der Waals surface area contributed by atoms with Crippen LogP contribution < -0.4 is 0 Å². The van der Waals surface area contributed by atoms with Crippen LogP contribution in [0.25, 0.3) is 0 Å². The molecule has 0 radical (unpaired) electrons. The lowest BCUT2D eigenvalue weighted by atomic mass is 10.0. The number of hydrogen-bond acceptors (Lipinski definition) is 5. The lowest BCUT2D eigenvalue weighted by Crippen LogP contribution is -2.28. The third kappa shape index (κ3) is 29.9. The quantitative estimate of drug-likeness (QED) is 0.0645. The summed E-state index contributed by atoms with van der Waals surface area (Å²) in [5, 5.41) is 9.46. The van der Waals surface area contributed by atoms with Gasteiger partial charge in [-0.15, -0.1) is 0 Å². The highest BCUT2D eigenvalue weighted by molar-refractivity contribution is 5.70. The van der Waals surface area contributed by atoms with Crippen molar-refractivity contribution in [2.75, 3.05) is 13.2 Å². The molecule has 0 aliphatic carbocycles.